The third-order valence-electron chi connectivity index (χ3n) is 6.23. The van der Waals surface area contributed by atoms with Crippen molar-refractivity contribution in [3.63, 3.8) is 0 Å². The third-order valence-corrected chi connectivity index (χ3v) is 8.27. The van der Waals surface area contributed by atoms with Gasteiger partial charge in [-0.3, -0.25) is 4.79 Å². The van der Waals surface area contributed by atoms with Crippen molar-refractivity contribution in [1.29, 1.82) is 0 Å². The lowest BCUT2D eigenvalue weighted by Gasteiger charge is -2.21. The van der Waals surface area contributed by atoms with Crippen molar-refractivity contribution in [3.05, 3.63) is 24.0 Å². The maximum absolute atomic E-state index is 12.8. The fourth-order valence-corrected chi connectivity index (χ4v) is 5.64. The van der Waals surface area contributed by atoms with Gasteiger partial charge in [-0.25, -0.2) is 13.4 Å². The maximum Gasteiger partial charge on any atom is 0.243 e. The maximum atomic E-state index is 12.8. The molecule has 2 aromatic rings. The number of carbonyl (C=O) groups is 1. The molecule has 0 radical (unpaired) electrons. The molecular formula is C22H35N5O3S. The van der Waals surface area contributed by atoms with Gasteiger partial charge in [-0.15, -0.1) is 0 Å². The molecule has 0 saturated carbocycles. The van der Waals surface area contributed by atoms with Gasteiger partial charge >= 0.3 is 0 Å². The fourth-order valence-electron chi connectivity index (χ4n) is 4.16. The van der Waals surface area contributed by atoms with Gasteiger partial charge < -0.3 is 14.4 Å². The van der Waals surface area contributed by atoms with Gasteiger partial charge in [-0.05, 0) is 44.1 Å². The van der Waals surface area contributed by atoms with Crippen molar-refractivity contribution in [2.75, 3.05) is 46.3 Å². The van der Waals surface area contributed by atoms with Crippen molar-refractivity contribution < 1.29 is 13.2 Å². The SMILES string of the molecule is CCN(CC)S(=O)(=O)c1ccc2c(c1)nc(CCC(=O)N(C)CCN1CCCC1)n2C. The van der Waals surface area contributed by atoms with Crippen LogP contribution < -0.4 is 0 Å². The Morgan fingerprint density at radius 1 is 1.16 bits per heavy atom. The van der Waals surface area contributed by atoms with Crippen LogP contribution in [0.2, 0.25) is 0 Å². The Kier molecular flexibility index (Phi) is 7.72. The van der Waals surface area contributed by atoms with Gasteiger partial charge in [0.15, 0.2) is 0 Å². The van der Waals surface area contributed by atoms with Crippen LogP contribution in [0.25, 0.3) is 11.0 Å². The zero-order valence-corrected chi connectivity index (χ0v) is 20.0. The number of likely N-dealkylation sites (N-methyl/N-ethyl adjacent to an activating group) is 1. The molecule has 0 aliphatic carbocycles. The topological polar surface area (TPSA) is 78.8 Å². The van der Waals surface area contributed by atoms with Crippen LogP contribution in [0, 0.1) is 0 Å². The summed E-state index contributed by atoms with van der Waals surface area (Å²) in [5.74, 6) is 0.893. The standard InChI is InChI=1S/C22H35N5O3S/c1-5-27(6-2)31(29,30)18-9-10-20-19(17-18)23-21(25(20)4)11-12-22(28)24(3)15-16-26-13-7-8-14-26/h9-10,17H,5-8,11-16H2,1-4H3. The van der Waals surface area contributed by atoms with Gasteiger partial charge in [-0.2, -0.15) is 4.31 Å². The molecule has 1 saturated heterocycles. The summed E-state index contributed by atoms with van der Waals surface area (Å²) in [6, 6.07) is 5.07. The Bertz CT molecular complexity index is 1010. The summed E-state index contributed by atoms with van der Waals surface area (Å²) >= 11 is 0. The van der Waals surface area contributed by atoms with Gasteiger partial charge in [0.1, 0.15) is 5.82 Å². The summed E-state index contributed by atoms with van der Waals surface area (Å²) in [4.78, 5) is 21.7. The third kappa shape index (κ3) is 5.27. The largest absolute Gasteiger partial charge is 0.344 e. The smallest absolute Gasteiger partial charge is 0.243 e. The normalized spacial score (nSPS) is 15.3. The second-order valence-electron chi connectivity index (χ2n) is 8.19. The first-order chi connectivity index (χ1) is 14.8. The van der Waals surface area contributed by atoms with Crippen LogP contribution in [-0.2, 0) is 28.3 Å². The van der Waals surface area contributed by atoms with Crippen LogP contribution in [0.15, 0.2) is 23.1 Å². The highest BCUT2D eigenvalue weighted by Gasteiger charge is 2.23. The van der Waals surface area contributed by atoms with Crippen molar-refractivity contribution in [3.8, 4) is 0 Å². The summed E-state index contributed by atoms with van der Waals surface area (Å²) in [7, 11) is 0.239. The van der Waals surface area contributed by atoms with E-state index in [1.807, 2.05) is 32.5 Å². The molecule has 0 unspecified atom stereocenters. The molecule has 31 heavy (non-hydrogen) atoms. The number of aromatic nitrogens is 2. The van der Waals surface area contributed by atoms with Crippen LogP contribution in [-0.4, -0.2) is 84.3 Å². The molecule has 0 bridgehead atoms. The Morgan fingerprint density at radius 3 is 2.48 bits per heavy atom. The Morgan fingerprint density at radius 2 is 1.84 bits per heavy atom. The molecule has 1 amide bonds. The second kappa shape index (κ2) is 10.1. The number of rotatable bonds is 10. The molecule has 2 heterocycles. The molecule has 1 fully saturated rings. The van der Waals surface area contributed by atoms with Gasteiger partial charge in [0.05, 0.1) is 15.9 Å². The zero-order valence-electron chi connectivity index (χ0n) is 19.2. The minimum atomic E-state index is -3.53. The molecule has 0 atom stereocenters. The first-order valence-corrected chi connectivity index (χ1v) is 12.6. The predicted octanol–water partition coefficient (Wildman–Crippen LogP) is 2.09. The molecule has 1 aromatic heterocycles. The summed E-state index contributed by atoms with van der Waals surface area (Å²) in [5, 5.41) is 0. The average Bonchev–Trinajstić information content (AvgIpc) is 3.38. The first-order valence-electron chi connectivity index (χ1n) is 11.2. The van der Waals surface area contributed by atoms with E-state index >= 15 is 0 Å². The Balaban J connectivity index is 1.67. The van der Waals surface area contributed by atoms with Gasteiger partial charge in [0.2, 0.25) is 15.9 Å². The summed E-state index contributed by atoms with van der Waals surface area (Å²) < 4.78 is 29.0. The monoisotopic (exact) mass is 449 g/mol. The molecule has 3 rings (SSSR count). The molecule has 8 nitrogen and oxygen atoms in total. The molecular weight excluding hydrogens is 414 g/mol. The minimum absolute atomic E-state index is 0.107. The number of sulfonamides is 1. The quantitative estimate of drug-likeness (QED) is 0.555. The first kappa shape index (κ1) is 23.7. The summed E-state index contributed by atoms with van der Waals surface area (Å²) in [5.41, 5.74) is 1.50. The van der Waals surface area contributed by atoms with E-state index in [0.717, 1.165) is 37.5 Å². The number of likely N-dealkylation sites (tertiary alicyclic amines) is 1. The van der Waals surface area contributed by atoms with Gasteiger partial charge in [0, 0.05) is 53.1 Å². The lowest BCUT2D eigenvalue weighted by molar-refractivity contribution is -0.130. The van der Waals surface area contributed by atoms with E-state index in [-0.39, 0.29) is 10.8 Å². The minimum Gasteiger partial charge on any atom is -0.344 e. The number of aryl methyl sites for hydroxylation is 2. The number of fused-ring (bicyclic) bond motifs is 1. The van der Waals surface area contributed by atoms with Crippen LogP contribution in [0.1, 0.15) is 38.9 Å². The van der Waals surface area contributed by atoms with E-state index in [4.69, 9.17) is 0 Å². The van der Waals surface area contributed by atoms with E-state index in [2.05, 4.69) is 9.88 Å². The fraction of sp³-hybridized carbons (Fsp3) is 0.636. The number of nitrogens with zero attached hydrogens (tertiary/aromatic N) is 5. The molecule has 1 aromatic carbocycles. The van der Waals surface area contributed by atoms with Crippen molar-refractivity contribution in [1.82, 2.24) is 23.7 Å². The van der Waals surface area contributed by atoms with Crippen molar-refractivity contribution in [2.45, 2.75) is 44.4 Å². The highest BCUT2D eigenvalue weighted by molar-refractivity contribution is 7.89. The van der Waals surface area contributed by atoms with Crippen molar-refractivity contribution >= 4 is 27.0 Å². The van der Waals surface area contributed by atoms with Gasteiger partial charge in [0.25, 0.3) is 0 Å². The number of imidazole rings is 1. The van der Waals surface area contributed by atoms with E-state index in [1.165, 1.54) is 17.1 Å². The van der Waals surface area contributed by atoms with E-state index < -0.39 is 10.0 Å². The Hall–Kier alpha value is -1.97. The molecule has 1 aliphatic heterocycles. The Labute approximate surface area is 185 Å². The number of hydrogen-bond donors (Lipinski definition) is 0. The number of hydrogen-bond acceptors (Lipinski definition) is 5. The molecule has 172 valence electrons. The number of carbonyl (C=O) groups excluding carboxylic acids is 1. The average molecular weight is 450 g/mol. The lowest BCUT2D eigenvalue weighted by atomic mass is 10.2. The summed E-state index contributed by atoms with van der Waals surface area (Å²) in [6.45, 7) is 8.46. The van der Waals surface area contributed by atoms with E-state index in [1.54, 1.807) is 23.1 Å². The number of benzene rings is 1. The van der Waals surface area contributed by atoms with Crippen LogP contribution in [0.5, 0.6) is 0 Å². The van der Waals surface area contributed by atoms with E-state index in [0.29, 0.717) is 31.4 Å². The molecule has 1 aliphatic rings. The predicted molar refractivity (Wildman–Crippen MR) is 122 cm³/mol. The van der Waals surface area contributed by atoms with Crippen LogP contribution in [0.4, 0.5) is 0 Å². The summed E-state index contributed by atoms with van der Waals surface area (Å²) in [6.07, 6.45) is 3.42. The highest BCUT2D eigenvalue weighted by atomic mass is 32.2. The molecule has 0 spiro atoms. The lowest BCUT2D eigenvalue weighted by Crippen LogP contribution is -2.35. The highest BCUT2D eigenvalue weighted by Crippen LogP contribution is 2.23. The second-order valence-corrected chi connectivity index (χ2v) is 10.1. The van der Waals surface area contributed by atoms with Crippen LogP contribution >= 0.6 is 0 Å². The van der Waals surface area contributed by atoms with Crippen LogP contribution in [0.3, 0.4) is 0 Å². The molecule has 9 heteroatoms. The van der Waals surface area contributed by atoms with Crippen molar-refractivity contribution in [2.24, 2.45) is 7.05 Å². The zero-order chi connectivity index (χ0) is 22.6. The molecule has 0 N–H and O–H groups in total. The van der Waals surface area contributed by atoms with E-state index in [9.17, 15) is 13.2 Å². The number of amides is 1. The van der Waals surface area contributed by atoms with Gasteiger partial charge in [-0.1, -0.05) is 13.8 Å².